The zero-order chi connectivity index (χ0) is 30.9. The monoisotopic (exact) mass is 598 g/mol. The summed E-state index contributed by atoms with van der Waals surface area (Å²) < 4.78 is 11.9. The zero-order valence-corrected chi connectivity index (χ0v) is 27.3. The lowest BCUT2D eigenvalue weighted by Crippen LogP contribution is -2.42. The number of aromatic nitrogens is 2. The number of carbonyl (C=O) groups is 1. The lowest BCUT2D eigenvalue weighted by Gasteiger charge is -2.42. The molecule has 1 saturated heterocycles. The average molecular weight is 599 g/mol. The lowest BCUT2D eigenvalue weighted by atomic mass is 9.62. The van der Waals surface area contributed by atoms with Crippen molar-refractivity contribution in [1.29, 1.82) is 0 Å². The van der Waals surface area contributed by atoms with Gasteiger partial charge in [-0.2, -0.15) is 0 Å². The van der Waals surface area contributed by atoms with E-state index in [-0.39, 0.29) is 28.9 Å². The van der Waals surface area contributed by atoms with Gasteiger partial charge in [-0.25, -0.2) is 9.97 Å². The molecule has 2 aromatic heterocycles. The molecule has 3 unspecified atom stereocenters. The number of carbonyl (C=O) groups excluding carboxylic acids is 1. The van der Waals surface area contributed by atoms with Crippen LogP contribution in [0.1, 0.15) is 123 Å². The quantitative estimate of drug-likeness (QED) is 0.266. The first kappa shape index (κ1) is 30.8. The lowest BCUT2D eigenvalue weighted by molar-refractivity contribution is 0.0875. The van der Waals surface area contributed by atoms with Crippen molar-refractivity contribution in [2.75, 3.05) is 18.5 Å². The molecule has 44 heavy (non-hydrogen) atoms. The van der Waals surface area contributed by atoms with E-state index in [4.69, 9.17) is 14.1 Å². The van der Waals surface area contributed by atoms with Crippen LogP contribution in [0.5, 0.6) is 0 Å². The summed E-state index contributed by atoms with van der Waals surface area (Å²) >= 11 is 0. The first-order valence-electron chi connectivity index (χ1n) is 16.8. The van der Waals surface area contributed by atoms with Gasteiger partial charge in [-0.1, -0.05) is 52.7 Å². The molecule has 3 aliphatic rings. The van der Waals surface area contributed by atoms with Gasteiger partial charge in [0.05, 0.1) is 6.10 Å². The van der Waals surface area contributed by atoms with E-state index in [1.165, 1.54) is 41.5 Å². The van der Waals surface area contributed by atoms with Gasteiger partial charge in [-0.3, -0.25) is 4.79 Å². The van der Waals surface area contributed by atoms with Gasteiger partial charge in [0.25, 0.3) is 5.91 Å². The van der Waals surface area contributed by atoms with Crippen molar-refractivity contribution in [2.24, 2.45) is 5.92 Å². The van der Waals surface area contributed by atoms with Crippen LogP contribution in [0.4, 0.5) is 5.95 Å². The number of nitrogens with one attached hydrogen (secondary N) is 2. The van der Waals surface area contributed by atoms with E-state index < -0.39 is 0 Å². The number of ether oxygens (including phenoxy) is 1. The van der Waals surface area contributed by atoms with Crippen molar-refractivity contribution in [2.45, 2.75) is 122 Å². The molecule has 0 spiro atoms. The number of benzene rings is 1. The van der Waals surface area contributed by atoms with Crippen molar-refractivity contribution in [3.8, 4) is 0 Å². The highest BCUT2D eigenvalue weighted by Crippen LogP contribution is 2.46. The van der Waals surface area contributed by atoms with Crippen molar-refractivity contribution < 1.29 is 13.9 Å². The summed E-state index contributed by atoms with van der Waals surface area (Å²) in [6.45, 7) is 13.2. The molecule has 3 atom stereocenters. The molecule has 2 N–H and O–H groups in total. The molecule has 3 aromatic rings. The summed E-state index contributed by atoms with van der Waals surface area (Å²) in [6, 6.07) is 10.7. The summed E-state index contributed by atoms with van der Waals surface area (Å²) in [5.74, 6) is 2.08. The van der Waals surface area contributed by atoms with Crippen molar-refractivity contribution >= 4 is 11.9 Å². The fourth-order valence-electron chi connectivity index (χ4n) is 7.50. The smallest absolute Gasteiger partial charge is 0.287 e. The van der Waals surface area contributed by atoms with E-state index in [1.807, 2.05) is 24.4 Å². The van der Waals surface area contributed by atoms with Crippen LogP contribution in [0.2, 0.25) is 0 Å². The third kappa shape index (κ3) is 6.88. The molecule has 6 rings (SSSR count). The van der Waals surface area contributed by atoms with Crippen LogP contribution in [0.25, 0.3) is 0 Å². The molecule has 1 aliphatic heterocycles. The SMILES string of the molecule is Cc1cc2c(cc1Cc1ccc(C(=O)NC3CCCCC3Cc3ccnc(NCC4CCCO4)n3)o1)C(C)(C)CCC2(C)C. The molecule has 2 aliphatic carbocycles. The Balaban J connectivity index is 1.09. The second-order valence-electron chi connectivity index (χ2n) is 14.8. The molecule has 7 heteroatoms. The average Bonchev–Trinajstić information content (AvgIpc) is 3.69. The Bertz CT molecular complexity index is 1470. The minimum Gasteiger partial charge on any atom is -0.456 e. The Hall–Kier alpha value is -3.19. The molecule has 1 aromatic carbocycles. The largest absolute Gasteiger partial charge is 0.456 e. The van der Waals surface area contributed by atoms with E-state index in [9.17, 15) is 4.79 Å². The minimum absolute atomic E-state index is 0.0940. The van der Waals surface area contributed by atoms with E-state index in [2.05, 4.69) is 62.4 Å². The predicted molar refractivity (Wildman–Crippen MR) is 174 cm³/mol. The Labute approximate surface area is 263 Å². The first-order chi connectivity index (χ1) is 21.1. The topological polar surface area (TPSA) is 89.3 Å². The molecule has 0 bridgehead atoms. The standard InChI is InChI=1S/C37H50N4O3/c1-24-19-30-31(37(4,5)16-15-36(30,2)3)22-26(24)21-28-12-13-33(44-28)34(42)41-32-11-7-6-9-25(32)20-27-14-17-38-35(40-27)39-23-29-10-8-18-43-29/h12-14,17,19,22,25,29,32H,6-11,15-16,18,20-21,23H2,1-5H3,(H,41,42)(H,38,39,40). The van der Waals surface area contributed by atoms with Crippen molar-refractivity contribution in [3.05, 3.63) is 76.0 Å². The van der Waals surface area contributed by atoms with E-state index in [1.54, 1.807) is 0 Å². The van der Waals surface area contributed by atoms with Gasteiger partial charge in [0.15, 0.2) is 5.76 Å². The predicted octanol–water partition coefficient (Wildman–Crippen LogP) is 7.44. The Kier molecular flexibility index (Phi) is 8.87. The summed E-state index contributed by atoms with van der Waals surface area (Å²) in [5, 5.41) is 6.67. The number of amides is 1. The van der Waals surface area contributed by atoms with Crippen LogP contribution >= 0.6 is 0 Å². The van der Waals surface area contributed by atoms with Gasteiger partial charge < -0.3 is 19.8 Å². The number of nitrogens with zero attached hydrogens (tertiary/aromatic N) is 2. The second-order valence-corrected chi connectivity index (χ2v) is 14.8. The number of hydrogen-bond acceptors (Lipinski definition) is 6. The van der Waals surface area contributed by atoms with Crippen LogP contribution in [-0.4, -0.2) is 41.2 Å². The first-order valence-corrected chi connectivity index (χ1v) is 16.8. The summed E-state index contributed by atoms with van der Waals surface area (Å²) in [7, 11) is 0. The molecule has 236 valence electrons. The summed E-state index contributed by atoms with van der Waals surface area (Å²) in [6.07, 6.45) is 12.5. The fraction of sp³-hybridized carbons (Fsp3) is 0.595. The maximum absolute atomic E-state index is 13.4. The third-order valence-corrected chi connectivity index (χ3v) is 10.5. The van der Waals surface area contributed by atoms with E-state index in [0.717, 1.165) is 63.1 Å². The maximum Gasteiger partial charge on any atom is 0.287 e. The number of aryl methyl sites for hydroxylation is 1. The van der Waals surface area contributed by atoms with Crippen LogP contribution in [0.15, 0.2) is 40.9 Å². The highest BCUT2D eigenvalue weighted by molar-refractivity contribution is 5.91. The molecule has 1 saturated carbocycles. The normalized spacial score (nSPS) is 24.1. The van der Waals surface area contributed by atoms with Gasteiger partial charge >= 0.3 is 0 Å². The van der Waals surface area contributed by atoms with Crippen LogP contribution in [0, 0.1) is 12.8 Å². The molecule has 2 fully saturated rings. The van der Waals surface area contributed by atoms with Gasteiger partial charge in [-0.15, -0.1) is 0 Å². The van der Waals surface area contributed by atoms with Gasteiger partial charge in [0.1, 0.15) is 5.76 Å². The van der Waals surface area contributed by atoms with Crippen molar-refractivity contribution in [1.82, 2.24) is 15.3 Å². The van der Waals surface area contributed by atoms with Crippen LogP contribution < -0.4 is 10.6 Å². The van der Waals surface area contributed by atoms with Gasteiger partial charge in [0.2, 0.25) is 5.95 Å². The zero-order valence-electron chi connectivity index (χ0n) is 27.3. The number of anilines is 1. The fourth-order valence-corrected chi connectivity index (χ4v) is 7.50. The van der Waals surface area contributed by atoms with Gasteiger partial charge in [0, 0.05) is 37.5 Å². The Morgan fingerprint density at radius 2 is 1.75 bits per heavy atom. The highest BCUT2D eigenvalue weighted by Gasteiger charge is 2.37. The molecule has 1 amide bonds. The van der Waals surface area contributed by atoms with Crippen molar-refractivity contribution in [3.63, 3.8) is 0 Å². The van der Waals surface area contributed by atoms with E-state index in [0.29, 0.717) is 24.0 Å². The number of hydrogen-bond donors (Lipinski definition) is 2. The van der Waals surface area contributed by atoms with Crippen LogP contribution in [-0.2, 0) is 28.4 Å². The molecule has 7 nitrogen and oxygen atoms in total. The number of fused-ring (bicyclic) bond motifs is 1. The molecule has 0 radical (unpaired) electrons. The second kappa shape index (κ2) is 12.7. The number of rotatable bonds is 9. The molecule has 3 heterocycles. The Morgan fingerprint density at radius 1 is 0.977 bits per heavy atom. The molecular weight excluding hydrogens is 548 g/mol. The van der Waals surface area contributed by atoms with E-state index >= 15 is 0 Å². The molecular formula is C37H50N4O3. The van der Waals surface area contributed by atoms with Gasteiger partial charge in [-0.05, 0) is 109 Å². The third-order valence-electron chi connectivity index (χ3n) is 10.5. The number of furan rings is 1. The minimum atomic E-state index is -0.125. The summed E-state index contributed by atoms with van der Waals surface area (Å²) in [5.41, 5.74) is 6.86. The van der Waals surface area contributed by atoms with Crippen LogP contribution in [0.3, 0.4) is 0 Å². The maximum atomic E-state index is 13.4. The summed E-state index contributed by atoms with van der Waals surface area (Å²) in [4.78, 5) is 22.6. The Morgan fingerprint density at radius 3 is 2.52 bits per heavy atom. The highest BCUT2D eigenvalue weighted by atomic mass is 16.5.